The van der Waals surface area contributed by atoms with Gasteiger partial charge >= 0.3 is 6.18 Å². The monoisotopic (exact) mass is 288 g/mol. The highest BCUT2D eigenvalue weighted by Gasteiger charge is 2.28. The van der Waals surface area contributed by atoms with E-state index in [2.05, 4.69) is 10.4 Å². The molecule has 2 heterocycles. The number of aromatic nitrogens is 2. The summed E-state index contributed by atoms with van der Waals surface area (Å²) in [6.45, 7) is -1.07. The van der Waals surface area contributed by atoms with Crippen molar-refractivity contribution in [1.29, 1.82) is 0 Å². The van der Waals surface area contributed by atoms with Crippen LogP contribution in [0.25, 0.3) is 0 Å². The molecular formula is C11H11F3N4O2. The van der Waals surface area contributed by atoms with Gasteiger partial charge in [0.25, 0.3) is 5.91 Å². The second-order valence-electron chi connectivity index (χ2n) is 4.00. The molecule has 0 atom stereocenters. The van der Waals surface area contributed by atoms with Gasteiger partial charge in [-0.15, -0.1) is 0 Å². The molecule has 6 nitrogen and oxygen atoms in total. The first-order valence-corrected chi connectivity index (χ1v) is 5.55. The van der Waals surface area contributed by atoms with Crippen LogP contribution in [0.15, 0.2) is 29.1 Å². The predicted molar refractivity (Wildman–Crippen MR) is 62.8 cm³/mol. The first-order chi connectivity index (χ1) is 9.37. The Morgan fingerprint density at radius 2 is 2.25 bits per heavy atom. The van der Waals surface area contributed by atoms with Gasteiger partial charge in [0, 0.05) is 6.20 Å². The number of carbonyl (C=O) groups excluding carboxylic acids is 1. The van der Waals surface area contributed by atoms with Crippen molar-refractivity contribution in [3.05, 3.63) is 36.0 Å². The quantitative estimate of drug-likeness (QED) is 0.897. The fourth-order valence-electron chi connectivity index (χ4n) is 1.51. The molecule has 20 heavy (non-hydrogen) atoms. The Bertz CT molecular complexity index is 603. The van der Waals surface area contributed by atoms with Gasteiger partial charge in [-0.3, -0.25) is 9.48 Å². The molecule has 0 unspecified atom stereocenters. The van der Waals surface area contributed by atoms with Crippen molar-refractivity contribution in [1.82, 2.24) is 9.78 Å². The van der Waals surface area contributed by atoms with Gasteiger partial charge in [-0.25, -0.2) is 0 Å². The molecular weight excluding hydrogens is 277 g/mol. The lowest BCUT2D eigenvalue weighted by Gasteiger charge is -2.05. The van der Waals surface area contributed by atoms with E-state index in [4.69, 9.17) is 10.2 Å². The van der Waals surface area contributed by atoms with E-state index in [1.165, 1.54) is 12.3 Å². The average molecular weight is 288 g/mol. The molecule has 0 aromatic carbocycles. The van der Waals surface area contributed by atoms with Gasteiger partial charge in [-0.1, -0.05) is 0 Å². The standard InChI is InChI=1S/C11H11F3N4O2/c12-11(13,14)6-18-4-8(3-16-18)17-10(19)7-1-9(2-15)20-5-7/h1,3-5H,2,6,15H2,(H,17,19). The maximum Gasteiger partial charge on any atom is 0.408 e. The summed E-state index contributed by atoms with van der Waals surface area (Å²) in [7, 11) is 0. The minimum absolute atomic E-state index is 0.150. The molecule has 2 rings (SSSR count). The third kappa shape index (κ3) is 3.60. The van der Waals surface area contributed by atoms with Crippen LogP contribution in [0, 0.1) is 0 Å². The third-order valence-corrected chi connectivity index (χ3v) is 2.35. The van der Waals surface area contributed by atoms with Crippen molar-refractivity contribution < 1.29 is 22.4 Å². The summed E-state index contributed by atoms with van der Waals surface area (Å²) in [6.07, 6.45) is -0.922. The number of anilines is 1. The molecule has 0 spiro atoms. The minimum Gasteiger partial charge on any atom is -0.467 e. The molecule has 0 radical (unpaired) electrons. The van der Waals surface area contributed by atoms with Gasteiger partial charge in [0.05, 0.1) is 24.0 Å². The maximum absolute atomic E-state index is 12.1. The van der Waals surface area contributed by atoms with E-state index in [1.54, 1.807) is 0 Å². The first-order valence-electron chi connectivity index (χ1n) is 5.55. The van der Waals surface area contributed by atoms with E-state index in [-0.39, 0.29) is 17.8 Å². The van der Waals surface area contributed by atoms with Crippen molar-refractivity contribution in [3.63, 3.8) is 0 Å². The highest BCUT2D eigenvalue weighted by molar-refractivity contribution is 6.03. The zero-order chi connectivity index (χ0) is 14.8. The summed E-state index contributed by atoms with van der Waals surface area (Å²) in [5.41, 5.74) is 5.73. The van der Waals surface area contributed by atoms with Crippen molar-refractivity contribution in [2.75, 3.05) is 5.32 Å². The molecule has 0 fully saturated rings. The van der Waals surface area contributed by atoms with Gasteiger partial charge < -0.3 is 15.5 Å². The lowest BCUT2D eigenvalue weighted by atomic mass is 10.3. The number of halogens is 3. The second kappa shape index (κ2) is 5.37. The molecule has 2 aromatic heterocycles. The van der Waals surface area contributed by atoms with Crippen LogP contribution in [0.2, 0.25) is 0 Å². The summed E-state index contributed by atoms with van der Waals surface area (Å²) < 4.78 is 42.1. The van der Waals surface area contributed by atoms with Crippen LogP contribution < -0.4 is 11.1 Å². The van der Waals surface area contributed by atoms with Crippen LogP contribution in [0.4, 0.5) is 18.9 Å². The molecule has 0 aliphatic rings. The van der Waals surface area contributed by atoms with Crippen LogP contribution in [0.1, 0.15) is 16.1 Å². The number of nitrogens with zero attached hydrogens (tertiary/aromatic N) is 2. The summed E-state index contributed by atoms with van der Waals surface area (Å²) >= 11 is 0. The zero-order valence-electron chi connectivity index (χ0n) is 10.1. The van der Waals surface area contributed by atoms with E-state index in [1.807, 2.05) is 0 Å². The van der Waals surface area contributed by atoms with Crippen molar-refractivity contribution in [2.45, 2.75) is 19.3 Å². The molecule has 2 aromatic rings. The lowest BCUT2D eigenvalue weighted by molar-refractivity contribution is -0.142. The van der Waals surface area contributed by atoms with Crippen LogP contribution in [0.3, 0.4) is 0 Å². The summed E-state index contributed by atoms with van der Waals surface area (Å²) in [5, 5.41) is 5.92. The van der Waals surface area contributed by atoms with Gasteiger partial charge in [0.15, 0.2) is 0 Å². The number of hydrogen-bond acceptors (Lipinski definition) is 4. The van der Waals surface area contributed by atoms with Crippen molar-refractivity contribution in [3.8, 4) is 0 Å². The SMILES string of the molecule is NCc1cc(C(=O)Nc2cnn(CC(F)(F)F)c2)co1. The Labute approximate surface area is 111 Å². The number of furan rings is 1. The number of nitrogens with one attached hydrogen (secondary N) is 1. The molecule has 1 amide bonds. The fourth-order valence-corrected chi connectivity index (χ4v) is 1.51. The first kappa shape index (κ1) is 14.1. The van der Waals surface area contributed by atoms with Crippen LogP contribution in [-0.4, -0.2) is 21.9 Å². The molecule has 0 saturated heterocycles. The predicted octanol–water partition coefficient (Wildman–Crippen LogP) is 1.75. The smallest absolute Gasteiger partial charge is 0.408 e. The van der Waals surface area contributed by atoms with Crippen LogP contribution in [0.5, 0.6) is 0 Å². The highest BCUT2D eigenvalue weighted by atomic mass is 19.4. The van der Waals surface area contributed by atoms with Gasteiger partial charge in [0.1, 0.15) is 18.6 Å². The average Bonchev–Trinajstić information content (AvgIpc) is 2.96. The Hall–Kier alpha value is -2.29. The summed E-state index contributed by atoms with van der Waals surface area (Å²) in [5.74, 6) is -0.0806. The topological polar surface area (TPSA) is 86.1 Å². The second-order valence-corrected chi connectivity index (χ2v) is 4.00. The number of carbonyl (C=O) groups is 1. The zero-order valence-corrected chi connectivity index (χ0v) is 10.1. The Morgan fingerprint density at radius 1 is 1.50 bits per heavy atom. The van der Waals surface area contributed by atoms with Crippen LogP contribution >= 0.6 is 0 Å². The lowest BCUT2D eigenvalue weighted by Crippen LogP contribution is -2.17. The number of alkyl halides is 3. The maximum atomic E-state index is 12.1. The minimum atomic E-state index is -4.37. The summed E-state index contributed by atoms with van der Waals surface area (Å²) in [6, 6.07) is 1.45. The highest BCUT2D eigenvalue weighted by Crippen LogP contribution is 2.18. The molecule has 0 saturated carbocycles. The number of hydrogen-bond donors (Lipinski definition) is 2. The Balaban J connectivity index is 2.01. The number of rotatable bonds is 4. The Morgan fingerprint density at radius 3 is 2.85 bits per heavy atom. The van der Waals surface area contributed by atoms with E-state index in [0.29, 0.717) is 10.4 Å². The normalized spacial score (nSPS) is 11.6. The van der Waals surface area contributed by atoms with E-state index >= 15 is 0 Å². The fraction of sp³-hybridized carbons (Fsp3) is 0.273. The molecule has 0 aliphatic carbocycles. The van der Waals surface area contributed by atoms with Gasteiger partial charge in [-0.2, -0.15) is 18.3 Å². The molecule has 9 heteroatoms. The van der Waals surface area contributed by atoms with E-state index in [0.717, 1.165) is 12.4 Å². The number of nitrogens with two attached hydrogens (primary N) is 1. The third-order valence-electron chi connectivity index (χ3n) is 2.35. The van der Waals surface area contributed by atoms with Crippen molar-refractivity contribution in [2.24, 2.45) is 5.73 Å². The molecule has 0 aliphatic heterocycles. The molecule has 3 N–H and O–H groups in total. The summed E-state index contributed by atoms with van der Waals surface area (Å²) in [4.78, 5) is 11.8. The van der Waals surface area contributed by atoms with E-state index < -0.39 is 18.6 Å². The van der Waals surface area contributed by atoms with Gasteiger partial charge in [0.2, 0.25) is 0 Å². The largest absolute Gasteiger partial charge is 0.467 e. The van der Waals surface area contributed by atoms with Crippen LogP contribution in [-0.2, 0) is 13.1 Å². The molecule has 0 bridgehead atoms. The number of amides is 1. The Kier molecular flexibility index (Phi) is 3.79. The van der Waals surface area contributed by atoms with Gasteiger partial charge in [-0.05, 0) is 6.07 Å². The van der Waals surface area contributed by atoms with Crippen molar-refractivity contribution >= 4 is 11.6 Å². The molecule has 108 valence electrons. The van der Waals surface area contributed by atoms with E-state index in [9.17, 15) is 18.0 Å².